The molecule has 0 fully saturated rings. The van der Waals surface area contributed by atoms with Gasteiger partial charge in [0.05, 0.1) is 12.1 Å². The van der Waals surface area contributed by atoms with Crippen LogP contribution in [0.15, 0.2) is 22.2 Å². The van der Waals surface area contributed by atoms with Gasteiger partial charge in [0, 0.05) is 10.5 Å². The molecule has 3 nitrogen and oxygen atoms in total. The van der Waals surface area contributed by atoms with Gasteiger partial charge in [-0.3, -0.25) is 0 Å². The highest BCUT2D eigenvalue weighted by Gasteiger charge is 2.60. The Morgan fingerprint density at radius 3 is 2.42 bits per heavy atom. The highest BCUT2D eigenvalue weighted by molar-refractivity contribution is 7.99. The van der Waals surface area contributed by atoms with E-state index in [4.69, 9.17) is 0 Å². The number of nitrogens with zero attached hydrogens (tertiary/aromatic N) is 1. The minimum atomic E-state index is -5.17. The second-order valence-corrected chi connectivity index (χ2v) is 6.12. The fraction of sp³-hybridized carbons (Fsp3) is 0.462. The lowest BCUT2D eigenvalue weighted by Gasteiger charge is -2.22. The summed E-state index contributed by atoms with van der Waals surface area (Å²) in [5, 5.41) is 12.4. The minimum absolute atomic E-state index is 0.0932. The van der Waals surface area contributed by atoms with Crippen LogP contribution in [0.1, 0.15) is 17.5 Å². The van der Waals surface area contributed by atoms with Crippen molar-refractivity contribution in [2.24, 2.45) is 5.16 Å². The molecule has 11 heteroatoms. The molecule has 2 rings (SSSR count). The quantitative estimate of drug-likeness (QED) is 0.633. The Balaban J connectivity index is 2.32. The van der Waals surface area contributed by atoms with Gasteiger partial charge in [-0.25, -0.2) is 17.6 Å². The molecule has 24 heavy (non-hydrogen) atoms. The Kier molecular flexibility index (Phi) is 5.05. The molecule has 2 atom stereocenters. The van der Waals surface area contributed by atoms with Crippen LogP contribution in [-0.2, 0) is 4.84 Å². The van der Waals surface area contributed by atoms with Crippen molar-refractivity contribution in [3.63, 3.8) is 0 Å². The third-order valence-electron chi connectivity index (χ3n) is 3.17. The van der Waals surface area contributed by atoms with Crippen LogP contribution in [0, 0.1) is 12.7 Å². The van der Waals surface area contributed by atoms with Gasteiger partial charge in [-0.1, -0.05) is 16.9 Å². The number of hydrogen-bond donors (Lipinski definition) is 1. The number of hydrogen-bond acceptors (Lipinski definition) is 4. The van der Waals surface area contributed by atoms with Gasteiger partial charge in [-0.15, -0.1) is 0 Å². The van der Waals surface area contributed by atoms with E-state index in [1.165, 1.54) is 6.92 Å². The van der Waals surface area contributed by atoms with Gasteiger partial charge in [-0.2, -0.15) is 13.2 Å². The van der Waals surface area contributed by atoms with Crippen LogP contribution < -0.4 is 0 Å². The van der Waals surface area contributed by atoms with E-state index < -0.39 is 47.4 Å². The molecule has 1 aromatic rings. The molecule has 0 saturated heterocycles. The number of aryl methyl sites for hydroxylation is 1. The smallest absolute Gasteiger partial charge is 0.350 e. The Labute approximate surface area is 135 Å². The van der Waals surface area contributed by atoms with Gasteiger partial charge in [-0.05, 0) is 24.6 Å². The van der Waals surface area contributed by atoms with Crippen molar-refractivity contribution in [2.75, 3.05) is 0 Å². The molecule has 134 valence electrons. The van der Waals surface area contributed by atoms with E-state index >= 15 is 0 Å². The Morgan fingerprint density at radius 1 is 1.29 bits per heavy atom. The highest BCUT2D eigenvalue weighted by Crippen LogP contribution is 2.40. The molecule has 1 aliphatic heterocycles. The molecule has 1 aliphatic rings. The lowest BCUT2D eigenvalue weighted by Crippen LogP contribution is -2.45. The van der Waals surface area contributed by atoms with E-state index in [1.54, 1.807) is 0 Å². The van der Waals surface area contributed by atoms with Gasteiger partial charge >= 0.3 is 12.0 Å². The molecule has 1 aromatic carbocycles. The van der Waals surface area contributed by atoms with Crippen LogP contribution >= 0.6 is 11.8 Å². The Bertz CT molecular complexity index is 664. The molecule has 1 heterocycles. The molecular formula is C13H10F7NO2S. The number of halogens is 7. The number of alkyl halides is 6. The van der Waals surface area contributed by atoms with Crippen molar-refractivity contribution in [1.29, 1.82) is 0 Å². The molecule has 0 amide bonds. The van der Waals surface area contributed by atoms with Gasteiger partial charge < -0.3 is 9.94 Å². The first-order chi connectivity index (χ1) is 10.9. The van der Waals surface area contributed by atoms with Crippen LogP contribution in [0.5, 0.6) is 0 Å². The summed E-state index contributed by atoms with van der Waals surface area (Å²) in [4.78, 5) is 3.87. The van der Waals surface area contributed by atoms with Crippen LogP contribution in [0.4, 0.5) is 30.7 Å². The number of oxime groups is 1. The van der Waals surface area contributed by atoms with Crippen LogP contribution in [0.3, 0.4) is 0 Å². The normalized spacial score (nSPS) is 22.5. The summed E-state index contributed by atoms with van der Waals surface area (Å²) in [6, 6.07) is 1.75. The molecule has 0 radical (unpaired) electrons. The standard InChI is InChI=1S/C13H10F7NO2S/c1-5-2-7(14)6(3-9(5)24-11(17)10(15)16)8-4-12(22,23-21-8)13(18,19)20/h2-3,10-11,22H,4H2,1H3. The van der Waals surface area contributed by atoms with Gasteiger partial charge in [0.1, 0.15) is 5.82 Å². The third kappa shape index (κ3) is 3.61. The fourth-order valence-corrected chi connectivity index (χ4v) is 2.67. The first-order valence-electron chi connectivity index (χ1n) is 6.38. The fourth-order valence-electron chi connectivity index (χ4n) is 1.89. The largest absolute Gasteiger partial charge is 0.458 e. The Morgan fingerprint density at radius 2 is 1.92 bits per heavy atom. The van der Waals surface area contributed by atoms with Crippen molar-refractivity contribution < 1.29 is 40.7 Å². The van der Waals surface area contributed by atoms with E-state index in [0.717, 1.165) is 12.1 Å². The second-order valence-electron chi connectivity index (χ2n) is 4.99. The van der Waals surface area contributed by atoms with Gasteiger partial charge in [0.2, 0.25) is 5.50 Å². The first-order valence-corrected chi connectivity index (χ1v) is 7.26. The molecule has 0 spiro atoms. The topological polar surface area (TPSA) is 41.8 Å². The average molecular weight is 377 g/mol. The van der Waals surface area contributed by atoms with Crippen LogP contribution in [-0.4, -0.2) is 34.7 Å². The van der Waals surface area contributed by atoms with E-state index in [1.807, 2.05) is 0 Å². The maximum atomic E-state index is 14.0. The van der Waals surface area contributed by atoms with Crippen molar-refractivity contribution in [2.45, 2.75) is 42.1 Å². The third-order valence-corrected chi connectivity index (χ3v) is 4.29. The summed E-state index contributed by atoms with van der Waals surface area (Å²) in [6.07, 6.45) is -9.64. The maximum Gasteiger partial charge on any atom is 0.458 e. The summed E-state index contributed by atoms with van der Waals surface area (Å²) in [5.74, 6) is -4.60. The highest BCUT2D eigenvalue weighted by atomic mass is 32.2. The molecule has 0 aromatic heterocycles. The number of benzene rings is 1. The summed E-state index contributed by atoms with van der Waals surface area (Å²) >= 11 is 0.102. The van der Waals surface area contributed by atoms with Crippen LogP contribution in [0.2, 0.25) is 0 Å². The second kappa shape index (κ2) is 6.43. The van der Waals surface area contributed by atoms with Crippen molar-refractivity contribution in [1.82, 2.24) is 0 Å². The molecule has 0 aliphatic carbocycles. The van der Waals surface area contributed by atoms with Gasteiger partial charge in [0.15, 0.2) is 0 Å². The first kappa shape index (κ1) is 18.8. The van der Waals surface area contributed by atoms with E-state index in [2.05, 4.69) is 9.99 Å². The average Bonchev–Trinajstić information content (AvgIpc) is 2.84. The predicted octanol–water partition coefficient (Wildman–Crippen LogP) is 4.16. The molecule has 0 saturated carbocycles. The van der Waals surface area contributed by atoms with Gasteiger partial charge in [0.25, 0.3) is 6.43 Å². The zero-order valence-electron chi connectivity index (χ0n) is 11.9. The summed E-state index contributed by atoms with van der Waals surface area (Å²) in [6.45, 7) is 1.33. The van der Waals surface area contributed by atoms with Crippen molar-refractivity contribution >= 4 is 17.5 Å². The zero-order chi connectivity index (χ0) is 18.3. The summed E-state index contributed by atoms with van der Waals surface area (Å²) < 4.78 is 89.7. The maximum absolute atomic E-state index is 14.0. The lowest BCUT2D eigenvalue weighted by molar-refractivity contribution is -0.355. The molecule has 2 unspecified atom stereocenters. The lowest BCUT2D eigenvalue weighted by atomic mass is 10.0. The SMILES string of the molecule is Cc1cc(F)c(C2=NOC(O)(C(F)(F)F)C2)cc1SC(F)C(F)F. The summed E-state index contributed by atoms with van der Waals surface area (Å²) in [7, 11) is 0. The molecule has 1 N–H and O–H groups in total. The van der Waals surface area contributed by atoms with E-state index in [-0.39, 0.29) is 22.2 Å². The Hall–Kier alpha value is -1.49. The van der Waals surface area contributed by atoms with Crippen LogP contribution in [0.25, 0.3) is 0 Å². The molecular weight excluding hydrogens is 367 g/mol. The predicted molar refractivity (Wildman–Crippen MR) is 71.1 cm³/mol. The monoisotopic (exact) mass is 377 g/mol. The zero-order valence-corrected chi connectivity index (χ0v) is 12.7. The van der Waals surface area contributed by atoms with E-state index in [0.29, 0.717) is 0 Å². The summed E-state index contributed by atoms with van der Waals surface area (Å²) in [5.41, 5.74) is -3.53. The van der Waals surface area contributed by atoms with Crippen molar-refractivity contribution in [3.8, 4) is 0 Å². The number of thioether (sulfide) groups is 1. The minimum Gasteiger partial charge on any atom is -0.350 e. The number of aliphatic hydroxyl groups is 1. The molecule has 0 bridgehead atoms. The number of rotatable bonds is 4. The van der Waals surface area contributed by atoms with Crippen molar-refractivity contribution in [3.05, 3.63) is 29.1 Å². The van der Waals surface area contributed by atoms with E-state index in [9.17, 15) is 35.8 Å².